The zero-order valence-corrected chi connectivity index (χ0v) is 42.7. The number of aryl methyl sites for hydroxylation is 2. The monoisotopic (exact) mass is 1020 g/mol. The van der Waals surface area contributed by atoms with E-state index in [4.69, 9.17) is 4.74 Å². The van der Waals surface area contributed by atoms with Crippen LogP contribution in [0.15, 0.2) is 12.1 Å². The molecule has 0 spiro atoms. The number of rotatable bonds is 18. The van der Waals surface area contributed by atoms with Gasteiger partial charge in [-0.3, -0.25) is 15.0 Å². The number of aromatic nitrogens is 8. The third-order valence-corrected chi connectivity index (χ3v) is 17.8. The van der Waals surface area contributed by atoms with Crippen LogP contribution in [0.3, 0.4) is 0 Å². The summed E-state index contributed by atoms with van der Waals surface area (Å²) >= 11 is 0. The van der Waals surface area contributed by atoms with Crippen molar-refractivity contribution < 1.29 is 40.3 Å². The van der Waals surface area contributed by atoms with Gasteiger partial charge in [0.05, 0.1) is 18.1 Å². The minimum Gasteiger partial charge on any atom is -0.459 e. The van der Waals surface area contributed by atoms with E-state index in [1.807, 2.05) is 44.7 Å². The van der Waals surface area contributed by atoms with Crippen LogP contribution in [-0.2, 0) is 42.8 Å². The van der Waals surface area contributed by atoms with E-state index in [0.29, 0.717) is 43.7 Å². The third kappa shape index (κ3) is 12.0. The molecule has 6 atom stereocenters. The Balaban J connectivity index is 0.000000209. The molecule has 0 aromatic carbocycles. The largest absolute Gasteiger partial charge is 0.459 e. The first-order valence-electron chi connectivity index (χ1n) is 24.3. The number of aliphatic hydroxyl groups is 1. The van der Waals surface area contributed by atoms with Gasteiger partial charge in [0.2, 0.25) is 31.9 Å². The van der Waals surface area contributed by atoms with Gasteiger partial charge in [-0.1, -0.05) is 26.2 Å². The van der Waals surface area contributed by atoms with E-state index >= 15 is 4.39 Å². The number of aromatic amines is 2. The molecular weight excluding hydrogens is 951 g/mol. The number of carbonyl (C=O) groups is 1. The van der Waals surface area contributed by atoms with Crippen LogP contribution in [0.2, 0.25) is 0 Å². The highest BCUT2D eigenvalue weighted by Gasteiger charge is 2.46. The molecule has 4 saturated heterocycles. The summed E-state index contributed by atoms with van der Waals surface area (Å²) in [7, 11) is -2.89. The topological polar surface area (TPSA) is 261 Å². The molecule has 4 fully saturated rings. The molecule has 25 heteroatoms. The van der Waals surface area contributed by atoms with Crippen molar-refractivity contribution in [2.45, 2.75) is 168 Å². The van der Waals surface area contributed by atoms with Crippen LogP contribution >= 0.6 is 0 Å². The van der Waals surface area contributed by atoms with Crippen molar-refractivity contribution in [1.29, 1.82) is 0 Å². The third-order valence-electron chi connectivity index (χ3n) is 13.8. The predicted molar refractivity (Wildman–Crippen MR) is 261 cm³/mol. The lowest BCUT2D eigenvalue weighted by Crippen LogP contribution is -2.58. The van der Waals surface area contributed by atoms with Gasteiger partial charge in [-0.25, -0.2) is 35.6 Å². The lowest BCUT2D eigenvalue weighted by molar-refractivity contribution is -0.145. The van der Waals surface area contributed by atoms with E-state index in [1.165, 1.54) is 0 Å². The molecule has 21 nitrogen and oxygen atoms in total. The number of carbonyl (C=O) groups excluding carboxylic acids is 1. The summed E-state index contributed by atoms with van der Waals surface area (Å²) in [5.41, 5.74) is 1.46. The normalized spacial score (nSPS) is 22.7. The number of halogens is 2. The number of unbranched alkanes of at least 4 members (excludes halogenated alkanes) is 1. The first-order valence-corrected chi connectivity index (χ1v) is 27.5. The van der Waals surface area contributed by atoms with Crippen molar-refractivity contribution in [3.63, 3.8) is 0 Å². The molecule has 0 saturated carbocycles. The Morgan fingerprint density at radius 1 is 0.729 bits per heavy atom. The van der Waals surface area contributed by atoms with Crippen LogP contribution in [0.25, 0.3) is 0 Å². The zero-order chi connectivity index (χ0) is 50.5. The number of aliphatic hydroxyl groups excluding tert-OH is 1. The van der Waals surface area contributed by atoms with Crippen molar-refractivity contribution in [2.75, 3.05) is 46.0 Å². The van der Waals surface area contributed by atoms with Gasteiger partial charge in [0.25, 0.3) is 0 Å². The van der Waals surface area contributed by atoms with Crippen LogP contribution in [0, 0.1) is 25.5 Å². The molecule has 4 aliphatic rings. The van der Waals surface area contributed by atoms with Gasteiger partial charge in [-0.15, -0.1) is 0 Å². The summed E-state index contributed by atoms with van der Waals surface area (Å²) in [6, 6.07) is 3.15. The van der Waals surface area contributed by atoms with Crippen molar-refractivity contribution >= 4 is 61.2 Å². The van der Waals surface area contributed by atoms with Gasteiger partial charge in [-0.05, 0) is 85.5 Å². The summed E-state index contributed by atoms with van der Waals surface area (Å²) in [5, 5.41) is 29.1. The van der Waals surface area contributed by atoms with Gasteiger partial charge in [-0.2, -0.15) is 28.8 Å². The number of fused-ring (bicyclic) bond motifs is 4. The fourth-order valence-corrected chi connectivity index (χ4v) is 13.4. The number of piperidine rings is 4. The van der Waals surface area contributed by atoms with Gasteiger partial charge < -0.3 is 30.3 Å². The second-order valence-corrected chi connectivity index (χ2v) is 23.0. The Morgan fingerprint density at radius 2 is 1.14 bits per heavy atom. The Bertz CT molecular complexity index is 2650. The van der Waals surface area contributed by atoms with Crippen molar-refractivity contribution in [3.8, 4) is 0 Å². The first-order chi connectivity index (χ1) is 33.4. The van der Waals surface area contributed by atoms with Crippen molar-refractivity contribution in [2.24, 2.45) is 0 Å². The molecule has 4 aliphatic heterocycles. The summed E-state index contributed by atoms with van der Waals surface area (Å²) < 4.78 is 89.9. The van der Waals surface area contributed by atoms with Crippen LogP contribution in [0.5, 0.6) is 0 Å². The van der Waals surface area contributed by atoms with Gasteiger partial charge >= 0.3 is 5.97 Å². The maximum atomic E-state index is 15.5. The van der Waals surface area contributed by atoms with E-state index in [9.17, 15) is 31.1 Å². The molecule has 386 valence electrons. The summed E-state index contributed by atoms with van der Waals surface area (Å²) in [4.78, 5) is 33.4. The number of ether oxygens (including phenoxy) is 1. The lowest BCUT2D eigenvalue weighted by atomic mass is 9.83. The van der Waals surface area contributed by atoms with Crippen LogP contribution in [0.1, 0.15) is 127 Å². The predicted octanol–water partition coefficient (Wildman–Crippen LogP) is 5.85. The number of nitrogens with zero attached hydrogens (tertiary/aromatic N) is 10. The highest BCUT2D eigenvalue weighted by Crippen LogP contribution is 2.40. The molecule has 0 amide bonds. The zero-order valence-electron chi connectivity index (χ0n) is 41.1. The number of H-pyrrole nitrogens is 2. The summed E-state index contributed by atoms with van der Waals surface area (Å²) in [6.45, 7) is 8.12. The molecule has 4 bridgehead atoms. The SMILES string of the molecule is CCCCC(=O)OCc1nc(N(C)C2C[C@H]3CCC[C@@H](C2)N3S(=O)(=O)CC)nc(Nc2cc(C)[nH]n2)c1F.CCS(=O)(=O)N1[C@@H]2CCC[C@H]1CC(N(C)c1nc(CO)c(F)c(Nc3cc(C)[nH]n3)n1)C2. The smallest absolute Gasteiger partial charge is 0.306 e. The van der Waals surface area contributed by atoms with E-state index in [1.54, 1.807) is 34.6 Å². The fourth-order valence-electron chi connectivity index (χ4n) is 10.2. The maximum absolute atomic E-state index is 15.5. The molecule has 0 aliphatic carbocycles. The minimum absolute atomic E-state index is 0.00564. The second-order valence-electron chi connectivity index (χ2n) is 18.7. The average molecular weight is 1020 g/mol. The second kappa shape index (κ2) is 22.5. The molecule has 4 aromatic rings. The Labute approximate surface area is 409 Å². The number of sulfonamides is 2. The number of hydrogen-bond donors (Lipinski definition) is 5. The Kier molecular flexibility index (Phi) is 17.0. The highest BCUT2D eigenvalue weighted by molar-refractivity contribution is 7.89. The van der Waals surface area contributed by atoms with Crippen molar-refractivity contribution in [1.82, 2.24) is 48.9 Å². The van der Waals surface area contributed by atoms with E-state index in [0.717, 1.165) is 56.3 Å². The lowest BCUT2D eigenvalue weighted by Gasteiger charge is -2.49. The molecule has 2 unspecified atom stereocenters. The molecule has 8 rings (SSSR count). The van der Waals surface area contributed by atoms with E-state index in [2.05, 4.69) is 51.0 Å². The van der Waals surface area contributed by atoms with Gasteiger partial charge in [0, 0.05) is 80.3 Å². The highest BCUT2D eigenvalue weighted by atomic mass is 32.2. The van der Waals surface area contributed by atoms with Gasteiger partial charge in [0.1, 0.15) is 18.0 Å². The quantitative estimate of drug-likeness (QED) is 0.0732. The van der Waals surface area contributed by atoms with Gasteiger partial charge in [0.15, 0.2) is 34.9 Å². The van der Waals surface area contributed by atoms with Crippen LogP contribution in [0.4, 0.5) is 43.9 Å². The number of anilines is 6. The Hall–Kier alpha value is -5.11. The maximum Gasteiger partial charge on any atom is 0.306 e. The Morgan fingerprint density at radius 3 is 1.51 bits per heavy atom. The molecule has 0 radical (unpaired) electrons. The average Bonchev–Trinajstić information content (AvgIpc) is 3.96. The molecule has 70 heavy (non-hydrogen) atoms. The summed E-state index contributed by atoms with van der Waals surface area (Å²) in [5.74, 6) is -0.449. The fraction of sp³-hybridized carbons (Fsp3) is 0.667. The molecular formula is C45H68F2N14O7S2. The van der Waals surface area contributed by atoms with E-state index < -0.39 is 44.3 Å². The summed E-state index contributed by atoms with van der Waals surface area (Å²) in [6.07, 6.45) is 9.69. The van der Waals surface area contributed by atoms with E-state index in [-0.39, 0.29) is 95.7 Å². The molecule has 5 N–H and O–H groups in total. The van der Waals surface area contributed by atoms with Crippen LogP contribution < -0.4 is 20.4 Å². The number of nitrogens with one attached hydrogen (secondary N) is 4. The molecule has 8 heterocycles. The minimum atomic E-state index is -3.30. The first kappa shape index (κ1) is 52.7. The standard InChI is InChI=1S/C25H38FN7O4S.C20H30FN7O3S/c1-5-7-11-22(34)37-15-20-23(26)24(28-21-12-16(3)30-31-21)29-25(27-20)32(4)19-13-17-9-8-10-18(14-19)33(17)38(35,36)6-2;1-4-32(30,31)28-13-6-5-7-14(28)10-15(9-13)27(3)20-22-16(11-29)18(21)19(24-20)23-17-8-12(2)25-26-17/h12,17-19H,5-11,13-15H2,1-4H3,(H2,27,28,29,30,31);8,13-15,29H,4-7,9-11H2,1-3H3,(H2,22,23,24,25,26)/t17-,18+,19?;13-,14+,15?. The number of esters is 1. The number of hydrogen-bond acceptors (Lipinski definition) is 17. The van der Waals surface area contributed by atoms with Crippen molar-refractivity contribution in [3.05, 3.63) is 46.5 Å². The molecule has 4 aromatic heterocycles. The van der Waals surface area contributed by atoms with Crippen LogP contribution in [-0.4, -0.2) is 139 Å².